The van der Waals surface area contributed by atoms with Gasteiger partial charge < -0.3 is 47.9 Å². The predicted molar refractivity (Wildman–Crippen MR) is 455 cm³/mol. The molecule has 0 fully saturated rings. The van der Waals surface area contributed by atoms with Crippen molar-refractivity contribution >= 4 is 70.2 Å². The van der Waals surface area contributed by atoms with Crippen molar-refractivity contribution in [2.45, 2.75) is 257 Å². The SMILES string of the molecule is COC(=O)CCCCCCCCCCCOc1ccc(-c2c3nc(c(-c4ccc(OCCCCCCCCCCCC(=O)OC)cc4)c4ccc([nH]4)c(-c4ccc(OCCCCCCCCCCCC(=O)OC)cc4)c4nc(c(-c5ccc(OCCCCCCCCCCCC(=O)OC)cc5)c5ccc2[nH]5)C=C4)C=C3)cc1. The summed E-state index contributed by atoms with van der Waals surface area (Å²) >= 11 is 0. The molecule has 0 saturated heterocycles. The molecule has 9 rings (SSSR count). The Labute approximate surface area is 667 Å². The number of rotatable bonds is 56. The van der Waals surface area contributed by atoms with E-state index in [4.69, 9.17) is 47.9 Å². The molecule has 4 aromatic carbocycles. The van der Waals surface area contributed by atoms with Gasteiger partial charge in [0.05, 0.1) is 77.6 Å². The predicted octanol–water partition coefficient (Wildman–Crippen LogP) is 25.1. The number of hydrogen-bond donors (Lipinski definition) is 2. The van der Waals surface area contributed by atoms with Gasteiger partial charge in [0.15, 0.2) is 0 Å². The Morgan fingerprint density at radius 2 is 0.402 bits per heavy atom. The molecule has 0 aliphatic carbocycles. The maximum absolute atomic E-state index is 11.5. The Hall–Kier alpha value is -9.44. The van der Waals surface area contributed by atoms with E-state index in [1.54, 1.807) is 0 Å². The molecule has 0 saturated carbocycles. The zero-order valence-corrected chi connectivity index (χ0v) is 67.8. The van der Waals surface area contributed by atoms with Gasteiger partial charge in [-0.1, -0.05) is 228 Å². The van der Waals surface area contributed by atoms with Crippen LogP contribution in [0.4, 0.5) is 0 Å². The summed E-state index contributed by atoms with van der Waals surface area (Å²) in [5.41, 5.74) is 14.7. The van der Waals surface area contributed by atoms with E-state index in [-0.39, 0.29) is 23.9 Å². The lowest BCUT2D eigenvalue weighted by Gasteiger charge is -2.10. The zero-order valence-electron chi connectivity index (χ0n) is 67.8. The number of carbonyl (C=O) groups excluding carboxylic acids is 4. The van der Waals surface area contributed by atoms with Crippen LogP contribution in [0.1, 0.15) is 280 Å². The van der Waals surface area contributed by atoms with Crippen molar-refractivity contribution < 1.29 is 57.1 Å². The topological polar surface area (TPSA) is 199 Å². The molecule has 2 N–H and O–H groups in total. The first-order valence-electron chi connectivity index (χ1n) is 42.5. The number of carbonyl (C=O) groups is 4. The fourth-order valence-corrected chi connectivity index (χ4v) is 14.9. The van der Waals surface area contributed by atoms with Crippen molar-refractivity contribution in [1.29, 1.82) is 0 Å². The second-order valence-electron chi connectivity index (χ2n) is 30.0. The normalized spacial score (nSPS) is 11.6. The van der Waals surface area contributed by atoms with Crippen LogP contribution in [0.5, 0.6) is 23.0 Å². The van der Waals surface area contributed by atoms with Gasteiger partial charge in [0.25, 0.3) is 0 Å². The number of hydrogen-bond acceptors (Lipinski definition) is 14. The summed E-state index contributed by atoms with van der Waals surface area (Å²) in [6.07, 6.45) is 50.7. The summed E-state index contributed by atoms with van der Waals surface area (Å²) < 4.78 is 44.8. The van der Waals surface area contributed by atoms with Crippen molar-refractivity contribution in [1.82, 2.24) is 19.9 Å². The average Bonchev–Trinajstić information content (AvgIpc) is 1.61. The first kappa shape index (κ1) is 86.5. The lowest BCUT2D eigenvalue weighted by molar-refractivity contribution is -0.141. The second kappa shape index (κ2) is 50.5. The quantitative estimate of drug-likeness (QED) is 0.0207. The molecule has 7 aromatic rings. The average molecular weight is 1530 g/mol. The Morgan fingerprint density at radius 3 is 0.580 bits per heavy atom. The number of methoxy groups -OCH3 is 4. The van der Waals surface area contributed by atoms with Crippen LogP contribution in [0.3, 0.4) is 0 Å². The number of fused-ring (bicyclic) bond motifs is 8. The lowest BCUT2D eigenvalue weighted by atomic mass is 10.0. The van der Waals surface area contributed by atoms with Crippen LogP contribution >= 0.6 is 0 Å². The van der Waals surface area contributed by atoms with Gasteiger partial charge in [0.1, 0.15) is 23.0 Å². The smallest absolute Gasteiger partial charge is 0.305 e. The lowest BCUT2D eigenvalue weighted by Crippen LogP contribution is -1.99. The largest absolute Gasteiger partial charge is 0.494 e. The molecule has 602 valence electrons. The molecule has 0 spiro atoms. The van der Waals surface area contributed by atoms with Crippen LogP contribution in [-0.2, 0) is 38.1 Å². The summed E-state index contributed by atoms with van der Waals surface area (Å²) in [6.45, 7) is 2.59. The molecule has 16 nitrogen and oxygen atoms in total. The Bertz CT molecular complexity index is 3650. The van der Waals surface area contributed by atoms with Gasteiger partial charge in [0, 0.05) is 70.0 Å². The molecule has 0 atom stereocenters. The van der Waals surface area contributed by atoms with Crippen LogP contribution in [0.15, 0.2) is 121 Å². The Kier molecular flexibility index (Phi) is 39.0. The van der Waals surface area contributed by atoms with E-state index in [0.29, 0.717) is 52.1 Å². The molecule has 0 radical (unpaired) electrons. The molecule has 0 amide bonds. The van der Waals surface area contributed by atoms with Crippen molar-refractivity contribution in [2.75, 3.05) is 54.9 Å². The molecule has 5 heterocycles. The number of aromatic amines is 2. The minimum atomic E-state index is -0.120. The van der Waals surface area contributed by atoms with Crippen LogP contribution in [-0.4, -0.2) is 98.7 Å². The van der Waals surface area contributed by atoms with Crippen LogP contribution in [0.25, 0.3) is 90.9 Å². The molecule has 3 aromatic heterocycles. The molecule has 8 bridgehead atoms. The monoisotopic (exact) mass is 1530 g/mol. The van der Waals surface area contributed by atoms with Gasteiger partial charge >= 0.3 is 23.9 Å². The van der Waals surface area contributed by atoms with E-state index >= 15 is 0 Å². The number of nitrogens with one attached hydrogen (secondary N) is 2. The van der Waals surface area contributed by atoms with E-state index in [9.17, 15) is 19.2 Å². The fraction of sp³-hybridized carbons (Fsp3) is 0.500. The third kappa shape index (κ3) is 29.9. The van der Waals surface area contributed by atoms with E-state index in [1.807, 2.05) is 0 Å². The standard InChI is InChI=1S/C96H126N4O12/c1-105-89(101)41-33-25-17-9-5-13-21-29-37-69-109-77-53-45-73(46-54-77)93-81-61-63-83(97-81)94(74-47-55-78(56-48-74)110-70-38-30-22-14-6-10-18-26-34-42-90(102)106-2)85-65-67-87(99-85)96(76-51-59-80(60-52-76)112-72-40-32-24-16-8-12-20-28-36-44-92(104)108-4)88-68-66-86(100-88)95(84-64-62-82(93)98-84)75-49-57-79(58-50-75)111-71-39-31-23-15-7-11-19-27-35-43-91(103)107-3/h45-68,97,100H,5-44,69-72H2,1-4H3. The van der Waals surface area contributed by atoms with E-state index in [2.05, 4.69) is 156 Å². The highest BCUT2D eigenvalue weighted by Crippen LogP contribution is 2.40. The summed E-state index contributed by atoms with van der Waals surface area (Å²) in [5, 5.41) is 0. The summed E-state index contributed by atoms with van der Waals surface area (Å²) in [5.74, 6) is 2.82. The van der Waals surface area contributed by atoms with Crippen LogP contribution < -0.4 is 18.9 Å². The number of unbranched alkanes of at least 4 members (excludes halogenated alkanes) is 32. The molecular weight excluding hydrogens is 1400 g/mol. The Balaban J connectivity index is 0.991. The molecular formula is C96H126N4O12. The number of benzene rings is 4. The number of ether oxygens (including phenoxy) is 8. The van der Waals surface area contributed by atoms with E-state index in [1.165, 1.54) is 131 Å². The zero-order chi connectivity index (χ0) is 78.4. The summed E-state index contributed by atoms with van der Waals surface area (Å²) in [7, 11) is 5.82. The van der Waals surface area contributed by atoms with Crippen molar-refractivity contribution in [2.24, 2.45) is 0 Å². The third-order valence-corrected chi connectivity index (χ3v) is 21.4. The van der Waals surface area contributed by atoms with Crippen LogP contribution in [0.2, 0.25) is 0 Å². The maximum Gasteiger partial charge on any atom is 0.305 e. The summed E-state index contributed by atoms with van der Waals surface area (Å²) in [6, 6.07) is 42.5. The molecule has 16 heteroatoms. The fourth-order valence-electron chi connectivity index (χ4n) is 14.9. The van der Waals surface area contributed by atoms with Crippen LogP contribution in [0, 0.1) is 0 Å². The highest BCUT2D eigenvalue weighted by molar-refractivity contribution is 6.00. The second-order valence-corrected chi connectivity index (χ2v) is 30.0. The first-order valence-corrected chi connectivity index (χ1v) is 42.5. The molecule has 112 heavy (non-hydrogen) atoms. The molecule has 2 aliphatic rings. The summed E-state index contributed by atoms with van der Waals surface area (Å²) in [4.78, 5) is 65.1. The third-order valence-electron chi connectivity index (χ3n) is 21.4. The number of H-pyrrole nitrogens is 2. The maximum atomic E-state index is 11.5. The van der Waals surface area contributed by atoms with Gasteiger partial charge in [-0.05, 0) is 171 Å². The van der Waals surface area contributed by atoms with Gasteiger partial charge in [-0.3, -0.25) is 19.2 Å². The Morgan fingerprint density at radius 1 is 0.232 bits per heavy atom. The van der Waals surface area contributed by atoms with Gasteiger partial charge in [-0.25, -0.2) is 9.97 Å². The van der Waals surface area contributed by atoms with E-state index in [0.717, 1.165) is 241 Å². The van der Waals surface area contributed by atoms with Crippen molar-refractivity contribution in [3.8, 4) is 67.5 Å². The van der Waals surface area contributed by atoms with Crippen molar-refractivity contribution in [3.63, 3.8) is 0 Å². The highest BCUT2D eigenvalue weighted by Gasteiger charge is 2.21. The number of aromatic nitrogens is 4. The molecule has 2 aliphatic heterocycles. The number of esters is 4. The van der Waals surface area contributed by atoms with Crippen molar-refractivity contribution in [3.05, 3.63) is 144 Å². The molecule has 0 unspecified atom stereocenters. The first-order chi connectivity index (χ1) is 55.1. The minimum absolute atomic E-state index is 0.120. The van der Waals surface area contributed by atoms with Gasteiger partial charge in [0.2, 0.25) is 0 Å². The highest BCUT2D eigenvalue weighted by atomic mass is 16.5. The van der Waals surface area contributed by atoms with Gasteiger partial charge in [-0.2, -0.15) is 0 Å². The van der Waals surface area contributed by atoms with Gasteiger partial charge in [-0.15, -0.1) is 0 Å². The minimum Gasteiger partial charge on any atom is -0.494 e. The number of nitrogens with zero attached hydrogens (tertiary/aromatic N) is 2. The van der Waals surface area contributed by atoms with E-state index < -0.39 is 0 Å².